The first kappa shape index (κ1) is 24.9. The van der Waals surface area contributed by atoms with Gasteiger partial charge < -0.3 is 5.32 Å². The van der Waals surface area contributed by atoms with Crippen LogP contribution in [-0.2, 0) is 4.79 Å². The Morgan fingerprint density at radius 2 is 1.37 bits per heavy atom. The monoisotopic (exact) mass is 520 g/mol. The zero-order chi connectivity index (χ0) is 24.8. The number of hydrogen-bond acceptors (Lipinski definition) is 3. The first-order valence-electron chi connectivity index (χ1n) is 10.9. The van der Waals surface area contributed by atoms with E-state index in [0.29, 0.717) is 16.3 Å². The minimum atomic E-state index is -0.344. The zero-order valence-corrected chi connectivity index (χ0v) is 21.1. The highest BCUT2D eigenvalue weighted by atomic mass is 35.5. The average Bonchev–Trinajstić information content (AvgIpc) is 2.86. The second-order valence-electron chi connectivity index (χ2n) is 7.71. The van der Waals surface area contributed by atoms with Crippen molar-refractivity contribution in [1.82, 2.24) is 0 Å². The van der Waals surface area contributed by atoms with Crippen LogP contribution in [0.1, 0.15) is 17.3 Å². The summed E-state index contributed by atoms with van der Waals surface area (Å²) in [6.07, 6.45) is 0. The molecule has 0 aromatic heterocycles. The fraction of sp³-hybridized carbons (Fsp3) is 0.0714. The minimum absolute atomic E-state index is 0.0258. The van der Waals surface area contributed by atoms with E-state index >= 15 is 0 Å². The van der Waals surface area contributed by atoms with Gasteiger partial charge in [0.15, 0.2) is 0 Å². The Hall–Kier alpha value is -3.25. The highest BCUT2D eigenvalue weighted by molar-refractivity contribution is 8.00. The Morgan fingerprint density at radius 1 is 0.800 bits per heavy atom. The number of thioether (sulfide) groups is 1. The van der Waals surface area contributed by atoms with E-state index in [1.165, 1.54) is 17.8 Å². The Morgan fingerprint density at radius 3 is 1.91 bits per heavy atom. The summed E-state index contributed by atoms with van der Waals surface area (Å²) in [6.45, 7) is 1.89. The van der Waals surface area contributed by atoms with Crippen LogP contribution in [0.5, 0.6) is 0 Å². The standard InChI is InChI=1S/C28H22Cl2N2O2S/c1-19(28(34)32(22-8-4-2-5-9-22)23-10-6-3-7-11-23)35-24-15-13-21(14-16-24)31-27(33)25-17-12-20(29)18-26(25)30/h2-19H,1H3,(H,31,33). The molecule has 1 atom stereocenters. The van der Waals surface area contributed by atoms with E-state index < -0.39 is 0 Å². The molecule has 2 amide bonds. The van der Waals surface area contributed by atoms with Gasteiger partial charge in [-0.2, -0.15) is 0 Å². The molecule has 0 aliphatic carbocycles. The fourth-order valence-corrected chi connectivity index (χ4v) is 4.88. The van der Waals surface area contributed by atoms with Crippen molar-refractivity contribution in [2.24, 2.45) is 0 Å². The second-order valence-corrected chi connectivity index (χ2v) is 9.97. The van der Waals surface area contributed by atoms with E-state index in [1.807, 2.05) is 79.7 Å². The van der Waals surface area contributed by atoms with Crippen LogP contribution < -0.4 is 10.2 Å². The number of benzene rings is 4. The number of carbonyl (C=O) groups excluding carboxylic acids is 2. The molecule has 4 aromatic rings. The van der Waals surface area contributed by atoms with Gasteiger partial charge >= 0.3 is 0 Å². The largest absolute Gasteiger partial charge is 0.322 e. The normalized spacial score (nSPS) is 11.5. The number of nitrogens with one attached hydrogen (secondary N) is 1. The first-order valence-corrected chi connectivity index (χ1v) is 12.5. The molecule has 0 aliphatic heterocycles. The van der Waals surface area contributed by atoms with Crippen molar-refractivity contribution in [1.29, 1.82) is 0 Å². The second kappa shape index (κ2) is 11.5. The summed E-state index contributed by atoms with van der Waals surface area (Å²) < 4.78 is 0. The van der Waals surface area contributed by atoms with E-state index in [2.05, 4.69) is 5.32 Å². The van der Waals surface area contributed by atoms with Crippen molar-refractivity contribution >= 4 is 63.8 Å². The third-order valence-corrected chi connectivity index (χ3v) is 6.85. The van der Waals surface area contributed by atoms with Gasteiger partial charge in [0, 0.05) is 27.0 Å². The van der Waals surface area contributed by atoms with Crippen LogP contribution in [0.25, 0.3) is 0 Å². The topological polar surface area (TPSA) is 49.4 Å². The molecule has 4 aromatic carbocycles. The predicted molar refractivity (Wildman–Crippen MR) is 146 cm³/mol. The van der Waals surface area contributed by atoms with Crippen LogP contribution >= 0.6 is 35.0 Å². The number of amides is 2. The lowest BCUT2D eigenvalue weighted by Gasteiger charge is -2.26. The van der Waals surface area contributed by atoms with Crippen LogP contribution in [0.3, 0.4) is 0 Å². The number of hydrogen-bond donors (Lipinski definition) is 1. The highest BCUT2D eigenvalue weighted by Crippen LogP contribution is 2.32. The minimum Gasteiger partial charge on any atom is -0.322 e. The van der Waals surface area contributed by atoms with Crippen LogP contribution in [0.2, 0.25) is 10.0 Å². The van der Waals surface area contributed by atoms with Gasteiger partial charge in [0.2, 0.25) is 5.91 Å². The summed E-state index contributed by atoms with van der Waals surface area (Å²) >= 11 is 13.5. The quantitative estimate of drug-likeness (QED) is 0.250. The molecule has 0 heterocycles. The maximum Gasteiger partial charge on any atom is 0.257 e. The molecule has 0 bridgehead atoms. The summed E-state index contributed by atoms with van der Waals surface area (Å²) in [6, 6.07) is 31.3. The van der Waals surface area contributed by atoms with Gasteiger partial charge in [0.1, 0.15) is 0 Å². The predicted octanol–water partition coefficient (Wildman–Crippen LogP) is 8.09. The molecule has 0 saturated heterocycles. The van der Waals surface area contributed by atoms with E-state index in [0.717, 1.165) is 16.3 Å². The maximum absolute atomic E-state index is 13.5. The Labute approximate surface area is 218 Å². The Kier molecular flexibility index (Phi) is 8.13. The van der Waals surface area contributed by atoms with Gasteiger partial charge in [0.05, 0.1) is 15.8 Å². The summed E-state index contributed by atoms with van der Waals surface area (Å²) in [5.74, 6) is -0.348. The lowest BCUT2D eigenvalue weighted by atomic mass is 10.2. The lowest BCUT2D eigenvalue weighted by molar-refractivity contribution is -0.117. The molecular weight excluding hydrogens is 499 g/mol. The Balaban J connectivity index is 1.45. The lowest BCUT2D eigenvalue weighted by Crippen LogP contribution is -2.32. The van der Waals surface area contributed by atoms with Gasteiger partial charge in [-0.15, -0.1) is 11.8 Å². The van der Waals surface area contributed by atoms with Crippen molar-refractivity contribution in [3.63, 3.8) is 0 Å². The molecule has 0 saturated carbocycles. The number of carbonyl (C=O) groups is 2. The van der Waals surface area contributed by atoms with Crippen molar-refractivity contribution in [3.8, 4) is 0 Å². The molecule has 1 unspecified atom stereocenters. The van der Waals surface area contributed by atoms with Crippen LogP contribution in [0.4, 0.5) is 17.1 Å². The van der Waals surface area contributed by atoms with Crippen molar-refractivity contribution in [2.75, 3.05) is 10.2 Å². The molecule has 7 heteroatoms. The van der Waals surface area contributed by atoms with Crippen LogP contribution in [-0.4, -0.2) is 17.1 Å². The first-order chi connectivity index (χ1) is 16.9. The molecule has 0 fully saturated rings. The van der Waals surface area contributed by atoms with Crippen LogP contribution in [0, 0.1) is 0 Å². The van der Waals surface area contributed by atoms with Crippen LogP contribution in [0.15, 0.2) is 108 Å². The zero-order valence-electron chi connectivity index (χ0n) is 18.8. The van der Waals surface area contributed by atoms with Crippen molar-refractivity contribution in [2.45, 2.75) is 17.1 Å². The van der Waals surface area contributed by atoms with E-state index in [1.54, 1.807) is 29.2 Å². The number of halogens is 2. The summed E-state index contributed by atoms with van der Waals surface area (Å²) in [4.78, 5) is 28.7. The summed E-state index contributed by atoms with van der Waals surface area (Å²) in [5, 5.41) is 3.24. The van der Waals surface area contributed by atoms with Gasteiger partial charge in [-0.1, -0.05) is 59.6 Å². The average molecular weight is 521 g/mol. The molecule has 0 radical (unpaired) electrons. The Bertz CT molecular complexity index is 1280. The van der Waals surface area contributed by atoms with E-state index in [-0.39, 0.29) is 22.1 Å². The molecule has 4 rings (SSSR count). The smallest absolute Gasteiger partial charge is 0.257 e. The number of nitrogens with zero attached hydrogens (tertiary/aromatic N) is 1. The highest BCUT2D eigenvalue weighted by Gasteiger charge is 2.24. The molecule has 0 aliphatic rings. The van der Waals surface area contributed by atoms with Gasteiger partial charge in [-0.05, 0) is 73.7 Å². The van der Waals surface area contributed by atoms with E-state index in [9.17, 15) is 9.59 Å². The maximum atomic E-state index is 13.5. The van der Waals surface area contributed by atoms with E-state index in [4.69, 9.17) is 23.2 Å². The molecule has 1 N–H and O–H groups in total. The number of anilines is 3. The fourth-order valence-electron chi connectivity index (χ4n) is 3.48. The number of para-hydroxylation sites is 2. The SMILES string of the molecule is CC(Sc1ccc(NC(=O)c2ccc(Cl)cc2Cl)cc1)C(=O)N(c1ccccc1)c1ccccc1. The van der Waals surface area contributed by atoms with Gasteiger partial charge in [0.25, 0.3) is 5.91 Å². The summed E-state index contributed by atoms with van der Waals surface area (Å²) in [7, 11) is 0. The third-order valence-electron chi connectivity index (χ3n) is 5.20. The summed E-state index contributed by atoms with van der Waals surface area (Å²) in [5.41, 5.74) is 2.60. The molecule has 4 nitrogen and oxygen atoms in total. The molecule has 0 spiro atoms. The van der Waals surface area contributed by atoms with Crippen molar-refractivity contribution in [3.05, 3.63) is 119 Å². The van der Waals surface area contributed by atoms with Crippen molar-refractivity contribution < 1.29 is 9.59 Å². The van der Waals surface area contributed by atoms with Gasteiger partial charge in [-0.3, -0.25) is 14.5 Å². The third kappa shape index (κ3) is 6.25. The van der Waals surface area contributed by atoms with Gasteiger partial charge in [-0.25, -0.2) is 0 Å². The number of rotatable bonds is 7. The molecule has 35 heavy (non-hydrogen) atoms. The molecule has 176 valence electrons. The molecular formula is C28H22Cl2N2O2S.